The Hall–Kier alpha value is -3.35. The normalized spacial score (nSPS) is 11.7. The van der Waals surface area contributed by atoms with Crippen LogP contribution in [-0.2, 0) is 9.53 Å². The first-order valence-electron chi connectivity index (χ1n) is 11.5. The summed E-state index contributed by atoms with van der Waals surface area (Å²) in [7, 11) is 1.63. The number of benzene rings is 2. The predicted molar refractivity (Wildman–Crippen MR) is 130 cm³/mol. The molecule has 0 fully saturated rings. The minimum atomic E-state index is -0.122. The van der Waals surface area contributed by atoms with Gasteiger partial charge in [0.1, 0.15) is 12.1 Å². The fourth-order valence-corrected chi connectivity index (χ4v) is 3.62. The molecule has 7 nitrogen and oxygen atoms in total. The molecule has 0 amide bonds. The molecular formula is C26H33N3O4. The highest BCUT2D eigenvalue weighted by Crippen LogP contribution is 2.35. The molecule has 0 aliphatic rings. The lowest BCUT2D eigenvalue weighted by atomic mass is 10.1. The average molecular weight is 452 g/mol. The van der Waals surface area contributed by atoms with Crippen LogP contribution in [0.4, 0.5) is 5.82 Å². The van der Waals surface area contributed by atoms with Crippen LogP contribution in [0.1, 0.15) is 57.6 Å². The summed E-state index contributed by atoms with van der Waals surface area (Å²) in [6, 6.07) is 14.1. The summed E-state index contributed by atoms with van der Waals surface area (Å²) < 4.78 is 16.5. The largest absolute Gasteiger partial charge is 0.493 e. The van der Waals surface area contributed by atoms with E-state index in [1.165, 1.54) is 5.56 Å². The summed E-state index contributed by atoms with van der Waals surface area (Å²) >= 11 is 0. The number of anilines is 1. The van der Waals surface area contributed by atoms with Crippen LogP contribution < -0.4 is 14.8 Å². The number of fused-ring (bicyclic) bond motifs is 1. The maximum atomic E-state index is 11.4. The maximum Gasteiger partial charge on any atom is 0.305 e. The molecule has 1 heterocycles. The molecule has 1 N–H and O–H groups in total. The number of hydrogen-bond acceptors (Lipinski definition) is 7. The Kier molecular flexibility index (Phi) is 9.30. The van der Waals surface area contributed by atoms with E-state index in [-0.39, 0.29) is 12.0 Å². The molecule has 3 rings (SSSR count). The van der Waals surface area contributed by atoms with E-state index in [1.54, 1.807) is 13.4 Å². The Morgan fingerprint density at radius 1 is 1.03 bits per heavy atom. The number of aromatic nitrogens is 2. The van der Waals surface area contributed by atoms with Gasteiger partial charge in [-0.25, -0.2) is 9.97 Å². The number of nitrogens with zero attached hydrogens (tertiary/aromatic N) is 2. The molecule has 0 bridgehead atoms. The molecule has 0 aliphatic carbocycles. The molecule has 0 spiro atoms. The van der Waals surface area contributed by atoms with Crippen LogP contribution in [0.2, 0.25) is 0 Å². The van der Waals surface area contributed by atoms with Crippen molar-refractivity contribution in [2.75, 3.05) is 25.6 Å². The van der Waals surface area contributed by atoms with Crippen molar-refractivity contribution in [3.63, 3.8) is 0 Å². The van der Waals surface area contributed by atoms with E-state index in [0.29, 0.717) is 31.1 Å². The highest BCUT2D eigenvalue weighted by Gasteiger charge is 2.14. The molecule has 1 unspecified atom stereocenters. The third-order valence-corrected chi connectivity index (χ3v) is 5.41. The number of unbranched alkanes of at least 4 members (excludes halogenated alkanes) is 3. The topological polar surface area (TPSA) is 82.6 Å². The van der Waals surface area contributed by atoms with Crippen molar-refractivity contribution in [2.24, 2.45) is 0 Å². The first-order valence-corrected chi connectivity index (χ1v) is 11.5. The second-order valence-electron chi connectivity index (χ2n) is 7.84. The van der Waals surface area contributed by atoms with Crippen LogP contribution >= 0.6 is 0 Å². The Morgan fingerprint density at radius 3 is 2.58 bits per heavy atom. The predicted octanol–water partition coefficient (Wildman–Crippen LogP) is 5.70. The van der Waals surface area contributed by atoms with Crippen LogP contribution in [0.25, 0.3) is 10.9 Å². The van der Waals surface area contributed by atoms with Crippen molar-refractivity contribution in [1.82, 2.24) is 9.97 Å². The zero-order chi connectivity index (χ0) is 23.5. The zero-order valence-corrected chi connectivity index (χ0v) is 19.7. The Balaban J connectivity index is 1.62. The maximum absolute atomic E-state index is 11.4. The minimum Gasteiger partial charge on any atom is -0.493 e. The SMILES string of the molecule is CCOC(=O)CCCCCCOc1cc2c(NC(C)c3ccccc3)ncnc2cc1OC. The fourth-order valence-electron chi connectivity index (χ4n) is 3.62. The molecule has 7 heteroatoms. The molecular weight excluding hydrogens is 418 g/mol. The Morgan fingerprint density at radius 2 is 1.82 bits per heavy atom. The van der Waals surface area contributed by atoms with Gasteiger partial charge in [0.25, 0.3) is 0 Å². The summed E-state index contributed by atoms with van der Waals surface area (Å²) in [6.45, 7) is 4.93. The van der Waals surface area contributed by atoms with Gasteiger partial charge in [0.2, 0.25) is 0 Å². The molecule has 33 heavy (non-hydrogen) atoms. The third-order valence-electron chi connectivity index (χ3n) is 5.41. The van der Waals surface area contributed by atoms with Crippen LogP contribution in [0.5, 0.6) is 11.5 Å². The first-order chi connectivity index (χ1) is 16.1. The summed E-state index contributed by atoms with van der Waals surface area (Å²) in [6.07, 6.45) is 5.72. The molecule has 0 saturated carbocycles. The van der Waals surface area contributed by atoms with Gasteiger partial charge in [-0.3, -0.25) is 4.79 Å². The Bertz CT molecular complexity index is 1030. The lowest BCUT2D eigenvalue weighted by Gasteiger charge is -2.17. The number of carbonyl (C=O) groups is 1. The fraction of sp³-hybridized carbons (Fsp3) is 0.423. The number of rotatable bonds is 13. The van der Waals surface area contributed by atoms with Gasteiger partial charge in [-0.15, -0.1) is 0 Å². The zero-order valence-electron chi connectivity index (χ0n) is 19.7. The van der Waals surface area contributed by atoms with E-state index in [9.17, 15) is 4.79 Å². The van der Waals surface area contributed by atoms with E-state index in [1.807, 2.05) is 37.3 Å². The molecule has 0 saturated heterocycles. The van der Waals surface area contributed by atoms with E-state index < -0.39 is 0 Å². The summed E-state index contributed by atoms with van der Waals surface area (Å²) in [5.41, 5.74) is 1.97. The highest BCUT2D eigenvalue weighted by molar-refractivity contribution is 5.91. The molecule has 0 radical (unpaired) electrons. The van der Waals surface area contributed by atoms with Crippen LogP contribution in [0, 0.1) is 0 Å². The third kappa shape index (κ3) is 7.07. The molecule has 1 aromatic heterocycles. The monoisotopic (exact) mass is 451 g/mol. The number of hydrogen-bond donors (Lipinski definition) is 1. The van der Waals surface area contributed by atoms with Gasteiger partial charge >= 0.3 is 5.97 Å². The summed E-state index contributed by atoms with van der Waals surface area (Å²) in [4.78, 5) is 20.3. The van der Waals surface area contributed by atoms with Crippen molar-refractivity contribution < 1.29 is 19.0 Å². The van der Waals surface area contributed by atoms with E-state index in [0.717, 1.165) is 42.4 Å². The molecule has 176 valence electrons. The standard InChI is InChI=1S/C26H33N3O4/c1-4-32-25(30)14-10-5-6-11-15-33-24-16-21-22(17-23(24)31-3)27-18-28-26(21)29-19(2)20-12-8-7-9-13-20/h7-9,12-13,16-19H,4-6,10-11,14-15H2,1-3H3,(H,27,28,29). The number of esters is 1. The summed E-state index contributed by atoms with van der Waals surface area (Å²) in [5.74, 6) is 1.94. The average Bonchev–Trinajstić information content (AvgIpc) is 2.84. The number of carbonyl (C=O) groups excluding carboxylic acids is 1. The van der Waals surface area contributed by atoms with E-state index in [2.05, 4.69) is 34.3 Å². The van der Waals surface area contributed by atoms with Crippen LogP contribution in [0.15, 0.2) is 48.8 Å². The van der Waals surface area contributed by atoms with Crippen molar-refractivity contribution in [3.05, 3.63) is 54.4 Å². The first kappa shape index (κ1) is 24.3. The van der Waals surface area contributed by atoms with Crippen molar-refractivity contribution >= 4 is 22.7 Å². The smallest absolute Gasteiger partial charge is 0.305 e. The van der Waals surface area contributed by atoms with Crippen molar-refractivity contribution in [1.29, 1.82) is 0 Å². The van der Waals surface area contributed by atoms with Crippen LogP contribution in [0.3, 0.4) is 0 Å². The second-order valence-corrected chi connectivity index (χ2v) is 7.84. The lowest BCUT2D eigenvalue weighted by Crippen LogP contribution is -2.08. The molecule has 3 aromatic rings. The van der Waals surface area contributed by atoms with E-state index in [4.69, 9.17) is 14.2 Å². The van der Waals surface area contributed by atoms with Gasteiger partial charge in [0, 0.05) is 23.9 Å². The Labute approximate surface area is 195 Å². The molecule has 1 atom stereocenters. The molecule has 0 aliphatic heterocycles. The van der Waals surface area contributed by atoms with Crippen molar-refractivity contribution in [3.8, 4) is 11.5 Å². The van der Waals surface area contributed by atoms with Crippen molar-refractivity contribution in [2.45, 2.75) is 52.0 Å². The van der Waals surface area contributed by atoms with Gasteiger partial charge in [0.05, 0.1) is 25.8 Å². The van der Waals surface area contributed by atoms with Gasteiger partial charge in [-0.2, -0.15) is 0 Å². The van der Waals surface area contributed by atoms with Gasteiger partial charge in [0.15, 0.2) is 11.5 Å². The van der Waals surface area contributed by atoms with Gasteiger partial charge < -0.3 is 19.5 Å². The second kappa shape index (κ2) is 12.6. The number of ether oxygens (including phenoxy) is 3. The van der Waals surface area contributed by atoms with Gasteiger partial charge in [-0.05, 0) is 38.3 Å². The van der Waals surface area contributed by atoms with Gasteiger partial charge in [-0.1, -0.05) is 43.2 Å². The number of nitrogens with one attached hydrogen (secondary N) is 1. The van der Waals surface area contributed by atoms with E-state index >= 15 is 0 Å². The summed E-state index contributed by atoms with van der Waals surface area (Å²) in [5, 5.41) is 4.37. The highest BCUT2D eigenvalue weighted by atomic mass is 16.5. The minimum absolute atomic E-state index is 0.0883. The quantitative estimate of drug-likeness (QED) is 0.263. The number of methoxy groups -OCH3 is 1. The van der Waals surface area contributed by atoms with Crippen LogP contribution in [-0.4, -0.2) is 36.3 Å². The lowest BCUT2D eigenvalue weighted by molar-refractivity contribution is -0.143. The molecule has 2 aromatic carbocycles.